The van der Waals surface area contributed by atoms with Crippen molar-refractivity contribution in [3.63, 3.8) is 0 Å². The van der Waals surface area contributed by atoms with Gasteiger partial charge in [0.25, 0.3) is 0 Å². The third kappa shape index (κ3) is 3.62. The molecular formula is C15H17BrO4. The van der Waals surface area contributed by atoms with E-state index in [4.69, 9.17) is 13.9 Å². The van der Waals surface area contributed by atoms with Crippen molar-refractivity contribution in [1.29, 1.82) is 0 Å². The molecule has 2 aromatic rings. The number of aryl methyl sites for hydroxylation is 1. The lowest BCUT2D eigenvalue weighted by Gasteiger charge is -2.12. The van der Waals surface area contributed by atoms with Crippen molar-refractivity contribution in [3.8, 4) is 5.75 Å². The van der Waals surface area contributed by atoms with Gasteiger partial charge in [0.15, 0.2) is 0 Å². The topological polar surface area (TPSA) is 51.8 Å². The van der Waals surface area contributed by atoms with E-state index in [0.29, 0.717) is 13.2 Å². The van der Waals surface area contributed by atoms with Gasteiger partial charge >= 0.3 is 0 Å². The van der Waals surface area contributed by atoms with E-state index < -0.39 is 6.10 Å². The number of halogens is 1. The fourth-order valence-corrected chi connectivity index (χ4v) is 2.35. The zero-order valence-electron chi connectivity index (χ0n) is 11.4. The predicted molar refractivity (Wildman–Crippen MR) is 79.0 cm³/mol. The number of rotatable bonds is 6. The number of hydrogen-bond donors (Lipinski definition) is 1. The standard InChI is InChI=1S/C15H17BrO4/c1-10-7-12(9-20-10)15(17)11-3-4-14(13(16)8-11)19-6-5-18-2/h3-4,7-9,15,17H,5-6H2,1-2H3. The van der Waals surface area contributed by atoms with Crippen LogP contribution in [0.15, 0.2) is 39.4 Å². The molecule has 1 aromatic heterocycles. The third-order valence-corrected chi connectivity index (χ3v) is 3.50. The van der Waals surface area contributed by atoms with E-state index >= 15 is 0 Å². The van der Waals surface area contributed by atoms with Crippen LogP contribution >= 0.6 is 15.9 Å². The molecule has 1 unspecified atom stereocenters. The molecule has 1 N–H and O–H groups in total. The molecule has 0 saturated heterocycles. The predicted octanol–water partition coefficient (Wildman–Crippen LogP) is 3.46. The molecule has 0 saturated carbocycles. The van der Waals surface area contributed by atoms with Crippen LogP contribution < -0.4 is 4.74 Å². The zero-order valence-corrected chi connectivity index (χ0v) is 13.0. The maximum absolute atomic E-state index is 10.3. The fraction of sp³-hybridized carbons (Fsp3) is 0.333. The van der Waals surface area contributed by atoms with E-state index in [0.717, 1.165) is 27.1 Å². The van der Waals surface area contributed by atoms with Crippen LogP contribution in [0, 0.1) is 6.92 Å². The van der Waals surface area contributed by atoms with Gasteiger partial charge in [0.1, 0.15) is 24.2 Å². The summed E-state index contributed by atoms with van der Waals surface area (Å²) in [7, 11) is 1.63. The molecule has 108 valence electrons. The molecule has 0 fully saturated rings. The molecule has 1 atom stereocenters. The Morgan fingerprint density at radius 3 is 2.65 bits per heavy atom. The first-order valence-corrected chi connectivity index (χ1v) is 7.05. The maximum Gasteiger partial charge on any atom is 0.133 e. The summed E-state index contributed by atoms with van der Waals surface area (Å²) in [5.41, 5.74) is 1.51. The molecule has 0 radical (unpaired) electrons. The summed E-state index contributed by atoms with van der Waals surface area (Å²) in [4.78, 5) is 0. The molecule has 4 nitrogen and oxygen atoms in total. The highest BCUT2D eigenvalue weighted by Gasteiger charge is 2.14. The Bertz CT molecular complexity index is 565. The highest BCUT2D eigenvalue weighted by Crippen LogP contribution is 2.31. The molecular weight excluding hydrogens is 324 g/mol. The first kappa shape index (κ1) is 15.1. The van der Waals surface area contributed by atoms with Gasteiger partial charge in [-0.25, -0.2) is 0 Å². The van der Waals surface area contributed by atoms with Crippen molar-refractivity contribution >= 4 is 15.9 Å². The average Bonchev–Trinajstić information content (AvgIpc) is 2.86. The second kappa shape index (κ2) is 6.92. The molecule has 0 spiro atoms. The number of aliphatic hydroxyl groups is 1. The molecule has 0 bridgehead atoms. The molecule has 2 rings (SSSR count). The van der Waals surface area contributed by atoms with Crippen LogP contribution in [0.1, 0.15) is 23.0 Å². The molecule has 0 aliphatic heterocycles. The minimum absolute atomic E-state index is 0.484. The maximum atomic E-state index is 10.3. The van der Waals surface area contributed by atoms with Gasteiger partial charge in [0.05, 0.1) is 17.3 Å². The fourth-order valence-electron chi connectivity index (χ4n) is 1.84. The van der Waals surface area contributed by atoms with Gasteiger partial charge in [-0.15, -0.1) is 0 Å². The Kier molecular flexibility index (Phi) is 5.23. The van der Waals surface area contributed by atoms with E-state index in [-0.39, 0.29) is 0 Å². The normalized spacial score (nSPS) is 12.4. The second-order valence-corrected chi connectivity index (χ2v) is 5.28. The summed E-state index contributed by atoms with van der Waals surface area (Å²) < 4.78 is 16.5. The Balaban J connectivity index is 2.12. The van der Waals surface area contributed by atoms with E-state index in [9.17, 15) is 5.11 Å². The van der Waals surface area contributed by atoms with Crippen molar-refractivity contribution in [2.45, 2.75) is 13.0 Å². The van der Waals surface area contributed by atoms with Gasteiger partial charge in [0, 0.05) is 12.7 Å². The van der Waals surface area contributed by atoms with Gasteiger partial charge in [-0.3, -0.25) is 0 Å². The molecule has 20 heavy (non-hydrogen) atoms. The van der Waals surface area contributed by atoms with Crippen molar-refractivity contribution in [3.05, 3.63) is 51.9 Å². The monoisotopic (exact) mass is 340 g/mol. The van der Waals surface area contributed by atoms with Crippen LogP contribution in [0.4, 0.5) is 0 Å². The highest BCUT2D eigenvalue weighted by molar-refractivity contribution is 9.10. The lowest BCUT2D eigenvalue weighted by molar-refractivity contribution is 0.146. The number of ether oxygens (including phenoxy) is 2. The zero-order chi connectivity index (χ0) is 14.5. The van der Waals surface area contributed by atoms with Crippen molar-refractivity contribution in [2.24, 2.45) is 0 Å². The van der Waals surface area contributed by atoms with E-state index in [1.165, 1.54) is 0 Å². The Morgan fingerprint density at radius 1 is 1.25 bits per heavy atom. The Hall–Kier alpha value is -1.30. The third-order valence-electron chi connectivity index (χ3n) is 2.88. The SMILES string of the molecule is COCCOc1ccc(C(O)c2coc(C)c2)cc1Br. The summed E-state index contributed by atoms with van der Waals surface area (Å²) in [6, 6.07) is 7.32. The smallest absolute Gasteiger partial charge is 0.133 e. The van der Waals surface area contributed by atoms with Gasteiger partial charge in [0.2, 0.25) is 0 Å². The Morgan fingerprint density at radius 2 is 2.05 bits per heavy atom. The van der Waals surface area contributed by atoms with E-state index in [1.54, 1.807) is 13.4 Å². The van der Waals surface area contributed by atoms with E-state index in [1.807, 2.05) is 31.2 Å². The summed E-state index contributed by atoms with van der Waals surface area (Å²) in [5.74, 6) is 1.50. The van der Waals surface area contributed by atoms with E-state index in [2.05, 4.69) is 15.9 Å². The lowest BCUT2D eigenvalue weighted by Crippen LogP contribution is -2.05. The van der Waals surface area contributed by atoms with Gasteiger partial charge in [-0.2, -0.15) is 0 Å². The first-order chi connectivity index (χ1) is 9.61. The van der Waals surface area contributed by atoms with Crippen LogP contribution in [0.25, 0.3) is 0 Å². The quantitative estimate of drug-likeness (QED) is 0.818. The Labute approximate surface area is 126 Å². The van der Waals surface area contributed by atoms with Crippen molar-refractivity contribution < 1.29 is 19.0 Å². The number of methoxy groups -OCH3 is 1. The van der Waals surface area contributed by atoms with Crippen LogP contribution in [0.2, 0.25) is 0 Å². The number of aliphatic hydroxyl groups excluding tert-OH is 1. The minimum atomic E-state index is -0.711. The van der Waals surface area contributed by atoms with Crippen molar-refractivity contribution in [1.82, 2.24) is 0 Å². The largest absolute Gasteiger partial charge is 0.490 e. The minimum Gasteiger partial charge on any atom is -0.490 e. The summed E-state index contributed by atoms with van der Waals surface area (Å²) in [5, 5.41) is 10.3. The second-order valence-electron chi connectivity index (χ2n) is 4.42. The number of furan rings is 1. The molecule has 1 heterocycles. The molecule has 1 aromatic carbocycles. The average molecular weight is 341 g/mol. The first-order valence-electron chi connectivity index (χ1n) is 6.26. The van der Waals surface area contributed by atoms with Gasteiger partial charge < -0.3 is 19.0 Å². The summed E-state index contributed by atoms with van der Waals surface area (Å²) in [6.07, 6.45) is 0.855. The highest BCUT2D eigenvalue weighted by atomic mass is 79.9. The number of benzene rings is 1. The van der Waals surface area contributed by atoms with Gasteiger partial charge in [-0.05, 0) is 46.6 Å². The molecule has 5 heteroatoms. The van der Waals surface area contributed by atoms with Crippen LogP contribution in [0.5, 0.6) is 5.75 Å². The number of hydrogen-bond acceptors (Lipinski definition) is 4. The van der Waals surface area contributed by atoms with Crippen LogP contribution in [-0.2, 0) is 4.74 Å². The van der Waals surface area contributed by atoms with Crippen molar-refractivity contribution in [2.75, 3.05) is 20.3 Å². The van der Waals surface area contributed by atoms with Crippen LogP contribution in [0.3, 0.4) is 0 Å². The summed E-state index contributed by atoms with van der Waals surface area (Å²) >= 11 is 3.44. The summed E-state index contributed by atoms with van der Waals surface area (Å²) in [6.45, 7) is 2.86. The molecule has 0 aliphatic rings. The molecule has 0 amide bonds. The van der Waals surface area contributed by atoms with Crippen LogP contribution in [-0.4, -0.2) is 25.4 Å². The van der Waals surface area contributed by atoms with Gasteiger partial charge in [-0.1, -0.05) is 6.07 Å². The molecule has 0 aliphatic carbocycles. The lowest BCUT2D eigenvalue weighted by atomic mass is 10.0.